The highest BCUT2D eigenvalue weighted by Crippen LogP contribution is 2.37. The molecule has 1 N–H and O–H groups in total. The van der Waals surface area contributed by atoms with Gasteiger partial charge in [0.05, 0.1) is 32.8 Å². The van der Waals surface area contributed by atoms with E-state index in [2.05, 4.69) is 10.5 Å². The average Bonchev–Trinajstić information content (AvgIpc) is 3.03. The van der Waals surface area contributed by atoms with Crippen molar-refractivity contribution in [1.29, 1.82) is 0 Å². The number of halogens is 2. The van der Waals surface area contributed by atoms with Crippen LogP contribution in [0.4, 0.5) is 5.69 Å². The predicted molar refractivity (Wildman–Crippen MR) is 90.7 cm³/mol. The van der Waals surface area contributed by atoms with E-state index in [0.29, 0.717) is 10.8 Å². The molecule has 1 amide bonds. The largest absolute Gasteiger partial charge is 0.454 e. The number of amides is 1. The summed E-state index contributed by atoms with van der Waals surface area (Å²) in [6.45, 7) is -0.0128. The maximum absolute atomic E-state index is 12.0. The fourth-order valence-corrected chi connectivity index (χ4v) is 2.37. The molecule has 0 bridgehead atoms. The Labute approximate surface area is 151 Å². The Morgan fingerprint density at radius 1 is 1.20 bits per heavy atom. The Morgan fingerprint density at radius 3 is 2.60 bits per heavy atom. The first kappa shape index (κ1) is 17.0. The van der Waals surface area contributed by atoms with Crippen molar-refractivity contribution in [3.8, 4) is 11.5 Å². The number of nitrogens with one attached hydrogen (secondary N) is 1. The van der Waals surface area contributed by atoms with Crippen LogP contribution in [-0.4, -0.2) is 23.8 Å². The summed E-state index contributed by atoms with van der Waals surface area (Å²) in [5.41, 5.74) is 2.44. The second-order valence-electron chi connectivity index (χ2n) is 4.85. The Morgan fingerprint density at radius 2 is 1.92 bits per heavy atom. The third-order valence-electron chi connectivity index (χ3n) is 3.27. The highest BCUT2D eigenvalue weighted by Gasteiger charge is 2.22. The summed E-state index contributed by atoms with van der Waals surface area (Å²) in [6.07, 6.45) is 1.15. The van der Waals surface area contributed by atoms with Gasteiger partial charge in [-0.25, -0.2) is 5.43 Å². The van der Waals surface area contributed by atoms with Crippen molar-refractivity contribution in [2.75, 3.05) is 6.79 Å². The van der Waals surface area contributed by atoms with Crippen LogP contribution in [0.3, 0.4) is 0 Å². The molecular weight excluding hydrogens is 373 g/mol. The van der Waals surface area contributed by atoms with Crippen molar-refractivity contribution >= 4 is 41.0 Å². The number of nitro groups is 1. The normalized spacial score (nSPS) is 12.4. The zero-order valence-corrected chi connectivity index (χ0v) is 13.9. The summed E-state index contributed by atoms with van der Waals surface area (Å²) < 4.78 is 10.3. The molecule has 0 saturated heterocycles. The lowest BCUT2D eigenvalue weighted by atomic mass is 10.1. The van der Waals surface area contributed by atoms with Gasteiger partial charge in [0.1, 0.15) is 0 Å². The molecule has 1 heterocycles. The molecule has 2 aromatic rings. The van der Waals surface area contributed by atoms with Crippen LogP contribution < -0.4 is 14.9 Å². The zero-order chi connectivity index (χ0) is 18.0. The van der Waals surface area contributed by atoms with Crippen LogP contribution in [0.25, 0.3) is 0 Å². The van der Waals surface area contributed by atoms with Crippen molar-refractivity contribution < 1.29 is 19.2 Å². The number of rotatable bonds is 4. The quantitative estimate of drug-likeness (QED) is 0.496. The molecular formula is C15H9Cl2N3O5. The summed E-state index contributed by atoms with van der Waals surface area (Å²) in [7, 11) is 0. The number of fused-ring (bicyclic) bond motifs is 1. The van der Waals surface area contributed by atoms with Crippen LogP contribution in [0, 0.1) is 10.1 Å². The van der Waals surface area contributed by atoms with Crippen molar-refractivity contribution in [3.63, 3.8) is 0 Å². The van der Waals surface area contributed by atoms with Gasteiger partial charge in [0.15, 0.2) is 11.5 Å². The standard InChI is InChI=1S/C15H9Cl2N3O5/c16-10-2-1-8(3-11(10)17)15(21)19-18-6-9-4-13-14(25-7-24-13)5-12(9)20(22)23/h1-6H,7H2,(H,19,21)/b18-6+. The van der Waals surface area contributed by atoms with E-state index >= 15 is 0 Å². The number of carbonyl (C=O) groups is 1. The minimum Gasteiger partial charge on any atom is -0.454 e. The Bertz CT molecular complexity index is 901. The highest BCUT2D eigenvalue weighted by atomic mass is 35.5. The maximum atomic E-state index is 12.0. The van der Waals surface area contributed by atoms with Gasteiger partial charge in [-0.3, -0.25) is 14.9 Å². The van der Waals surface area contributed by atoms with Crippen molar-refractivity contribution in [1.82, 2.24) is 5.43 Å². The molecule has 128 valence electrons. The molecule has 0 atom stereocenters. The summed E-state index contributed by atoms with van der Waals surface area (Å²) in [4.78, 5) is 22.6. The van der Waals surface area contributed by atoms with Gasteiger partial charge < -0.3 is 9.47 Å². The second-order valence-corrected chi connectivity index (χ2v) is 5.66. The Kier molecular flexibility index (Phi) is 4.73. The van der Waals surface area contributed by atoms with E-state index < -0.39 is 10.8 Å². The van der Waals surface area contributed by atoms with Crippen LogP contribution in [0.1, 0.15) is 15.9 Å². The van der Waals surface area contributed by atoms with Gasteiger partial charge in [-0.1, -0.05) is 23.2 Å². The Hall–Kier alpha value is -2.84. The van der Waals surface area contributed by atoms with E-state index in [9.17, 15) is 14.9 Å². The van der Waals surface area contributed by atoms with Gasteiger partial charge in [0.2, 0.25) is 6.79 Å². The van der Waals surface area contributed by atoms with Crippen LogP contribution in [0.2, 0.25) is 10.0 Å². The molecule has 2 aromatic carbocycles. The third-order valence-corrected chi connectivity index (χ3v) is 4.01. The van der Waals surface area contributed by atoms with Crippen LogP contribution in [-0.2, 0) is 0 Å². The molecule has 8 nitrogen and oxygen atoms in total. The number of hydrogen-bond donors (Lipinski definition) is 1. The van der Waals surface area contributed by atoms with Gasteiger partial charge in [0, 0.05) is 5.56 Å². The summed E-state index contributed by atoms with van der Waals surface area (Å²) in [5, 5.41) is 15.4. The minimum atomic E-state index is -0.579. The molecule has 0 aliphatic carbocycles. The van der Waals surface area contributed by atoms with Gasteiger partial charge in [0.25, 0.3) is 11.6 Å². The van der Waals surface area contributed by atoms with Crippen LogP contribution in [0.5, 0.6) is 11.5 Å². The lowest BCUT2D eigenvalue weighted by Crippen LogP contribution is -2.17. The van der Waals surface area contributed by atoms with E-state index in [1.165, 1.54) is 30.3 Å². The third kappa shape index (κ3) is 3.65. The number of benzene rings is 2. The number of hydrazone groups is 1. The monoisotopic (exact) mass is 381 g/mol. The molecule has 0 aromatic heterocycles. The molecule has 1 aliphatic rings. The van der Waals surface area contributed by atoms with E-state index in [1.807, 2.05) is 0 Å². The van der Waals surface area contributed by atoms with E-state index in [1.54, 1.807) is 0 Å². The number of carbonyl (C=O) groups excluding carboxylic acids is 1. The lowest BCUT2D eigenvalue weighted by Gasteiger charge is -2.02. The van der Waals surface area contributed by atoms with Crippen molar-refractivity contribution in [2.24, 2.45) is 5.10 Å². The fraction of sp³-hybridized carbons (Fsp3) is 0.0667. The van der Waals surface area contributed by atoms with Gasteiger partial charge in [-0.15, -0.1) is 0 Å². The second kappa shape index (κ2) is 6.96. The number of hydrogen-bond acceptors (Lipinski definition) is 6. The van der Waals surface area contributed by atoms with E-state index in [0.717, 1.165) is 6.21 Å². The topological polar surface area (TPSA) is 103 Å². The first-order valence-electron chi connectivity index (χ1n) is 6.82. The molecule has 0 unspecified atom stereocenters. The number of nitrogens with zero attached hydrogens (tertiary/aromatic N) is 2. The van der Waals surface area contributed by atoms with Crippen molar-refractivity contribution in [2.45, 2.75) is 0 Å². The van der Waals surface area contributed by atoms with Crippen LogP contribution in [0.15, 0.2) is 35.4 Å². The number of nitro benzene ring substituents is 1. The molecule has 10 heteroatoms. The van der Waals surface area contributed by atoms with E-state index in [-0.39, 0.29) is 34.4 Å². The summed E-state index contributed by atoms with van der Waals surface area (Å²) in [5.74, 6) is 0.102. The first-order valence-corrected chi connectivity index (χ1v) is 7.58. The molecule has 1 aliphatic heterocycles. The predicted octanol–water partition coefficient (Wildman–Crippen LogP) is 3.39. The molecule has 3 rings (SSSR count). The lowest BCUT2D eigenvalue weighted by molar-refractivity contribution is -0.385. The van der Waals surface area contributed by atoms with E-state index in [4.69, 9.17) is 32.7 Å². The number of ether oxygens (including phenoxy) is 2. The molecule has 0 radical (unpaired) electrons. The SMILES string of the molecule is O=C(N/N=C/c1cc2c(cc1[N+](=O)[O-])OCO2)c1ccc(Cl)c(Cl)c1. The molecule has 0 spiro atoms. The van der Waals surface area contributed by atoms with Gasteiger partial charge in [-0.2, -0.15) is 5.10 Å². The van der Waals surface area contributed by atoms with Gasteiger partial charge in [-0.05, 0) is 24.3 Å². The first-order chi connectivity index (χ1) is 12.0. The average molecular weight is 382 g/mol. The Balaban J connectivity index is 1.79. The fourth-order valence-electron chi connectivity index (χ4n) is 2.07. The summed E-state index contributed by atoms with van der Waals surface area (Å²) in [6, 6.07) is 6.99. The molecule has 0 saturated carbocycles. The van der Waals surface area contributed by atoms with Crippen LogP contribution >= 0.6 is 23.2 Å². The minimum absolute atomic E-state index is 0.0128. The maximum Gasteiger partial charge on any atom is 0.282 e. The van der Waals surface area contributed by atoms with Gasteiger partial charge >= 0.3 is 0 Å². The zero-order valence-electron chi connectivity index (χ0n) is 12.4. The smallest absolute Gasteiger partial charge is 0.282 e. The molecule has 0 fully saturated rings. The highest BCUT2D eigenvalue weighted by molar-refractivity contribution is 6.42. The summed E-state index contributed by atoms with van der Waals surface area (Å²) >= 11 is 11.6. The van der Waals surface area contributed by atoms with Crippen molar-refractivity contribution in [3.05, 3.63) is 61.6 Å². The molecule has 25 heavy (non-hydrogen) atoms.